The smallest absolute Gasteiger partial charge is 0.335 e. The molecule has 8 heteroatoms. The molecule has 0 fully saturated rings. The minimum absolute atomic E-state index is 0.500. The van der Waals surface area contributed by atoms with E-state index in [1.165, 1.54) is 0 Å². The molecule has 4 nitrogen and oxygen atoms in total. The fourth-order valence-corrected chi connectivity index (χ4v) is 11.0. The molecule has 0 aliphatic rings. The number of carboxylic acids is 2. The van der Waals surface area contributed by atoms with Gasteiger partial charge in [-0.1, -0.05) is 103 Å². The van der Waals surface area contributed by atoms with E-state index in [0.717, 1.165) is 31.9 Å². The van der Waals surface area contributed by atoms with E-state index in [1.54, 1.807) is 0 Å². The Morgan fingerprint density at radius 2 is 0.647 bits per heavy atom. The van der Waals surface area contributed by atoms with Gasteiger partial charge in [0.15, 0.2) is 0 Å². The van der Waals surface area contributed by atoms with Gasteiger partial charge in [-0.2, -0.15) is 0 Å². The Morgan fingerprint density at radius 3 is 0.765 bits per heavy atom. The van der Waals surface area contributed by atoms with Crippen LogP contribution in [0.1, 0.15) is 20.7 Å². The third kappa shape index (κ3) is 5.90. The zero-order chi connectivity index (χ0) is 26.6. The lowest BCUT2D eigenvalue weighted by Gasteiger charge is -2.30. The van der Waals surface area contributed by atoms with Gasteiger partial charge >= 0.3 is 11.9 Å². The molecule has 0 atom stereocenters. The van der Waals surface area contributed by atoms with E-state index in [1.807, 2.05) is 0 Å². The van der Waals surface area contributed by atoms with Crippen molar-refractivity contribution < 1.29 is 19.8 Å². The second-order valence-electron chi connectivity index (χ2n) is 13.5. The molecule has 2 aromatic rings. The quantitative estimate of drug-likeness (QED) is 0.498. The highest BCUT2D eigenvalue weighted by molar-refractivity contribution is 6.94. The number of carboxylic acid groups (broad SMARTS) is 2. The summed E-state index contributed by atoms with van der Waals surface area (Å²) in [5.74, 6) is -1.68. The van der Waals surface area contributed by atoms with Crippen molar-refractivity contribution in [1.29, 1.82) is 0 Å². The van der Waals surface area contributed by atoms with Gasteiger partial charge < -0.3 is 10.2 Å². The summed E-state index contributed by atoms with van der Waals surface area (Å²) < 4.78 is 0. The molecule has 0 amide bonds. The van der Waals surface area contributed by atoms with Crippen molar-refractivity contribution in [3.63, 3.8) is 0 Å². The number of carbonyl (C=O) groups is 2. The molecule has 2 rings (SSSR count). The van der Waals surface area contributed by atoms with E-state index in [0.29, 0.717) is 11.1 Å². The third-order valence-electron chi connectivity index (χ3n) is 6.27. The predicted octanol–water partition coefficient (Wildman–Crippen LogP) is 4.93. The third-order valence-corrected chi connectivity index (χ3v) is 14.3. The largest absolute Gasteiger partial charge is 0.478 e. The molecule has 0 unspecified atom stereocenters. The summed E-state index contributed by atoms with van der Waals surface area (Å²) in [5, 5.41) is 24.3. The molecule has 2 aromatic carbocycles. The zero-order valence-corrected chi connectivity index (χ0v) is 27.0. The summed E-state index contributed by atoms with van der Waals surface area (Å²) in [6.45, 7) is 26.3. The highest BCUT2D eigenvalue weighted by atomic mass is 28.3. The molecule has 186 valence electrons. The van der Waals surface area contributed by atoms with Crippen LogP contribution in [-0.2, 0) is 0 Å². The molecule has 34 heavy (non-hydrogen) atoms. The van der Waals surface area contributed by atoms with Crippen molar-refractivity contribution in [2.24, 2.45) is 0 Å². The number of rotatable bonds is 7. The highest BCUT2D eigenvalue weighted by Gasteiger charge is 2.34. The molecule has 0 saturated carbocycles. The van der Waals surface area contributed by atoms with Gasteiger partial charge in [-0.05, 0) is 31.9 Å². The van der Waals surface area contributed by atoms with Crippen LogP contribution in [0.4, 0.5) is 0 Å². The van der Waals surface area contributed by atoms with Crippen molar-refractivity contribution in [2.75, 3.05) is 0 Å². The maximum atomic E-state index is 12.5. The maximum Gasteiger partial charge on any atom is 0.335 e. The molecule has 0 aromatic heterocycles. The summed E-state index contributed by atoms with van der Waals surface area (Å²) in [6, 6.07) is 8.38. The van der Waals surface area contributed by atoms with E-state index < -0.39 is 44.2 Å². The molecule has 0 bridgehead atoms. The molecule has 0 aliphatic carbocycles. The average Bonchev–Trinajstić information content (AvgIpc) is 2.62. The Hall–Kier alpha value is -1.75. The van der Waals surface area contributed by atoms with Crippen molar-refractivity contribution in [3.05, 3.63) is 35.4 Å². The van der Waals surface area contributed by atoms with Gasteiger partial charge in [-0.25, -0.2) is 9.59 Å². The standard InChI is InChI=1S/C26H42O4Si4/c1-31(2,3)19-13-17(14-20(32(4,5)6)23(19)25(27)28)18-15-21(33(7,8)9)24(26(29)30)22(16-18)34(10,11)12/h13-16H,1-12H3,(H,27,28)(H,29,30). The van der Waals surface area contributed by atoms with Crippen LogP contribution in [0.15, 0.2) is 24.3 Å². The van der Waals surface area contributed by atoms with Crippen molar-refractivity contribution in [3.8, 4) is 11.1 Å². The maximum absolute atomic E-state index is 12.5. The molecule has 0 heterocycles. The first-order valence-electron chi connectivity index (χ1n) is 11.9. The molecule has 0 radical (unpaired) electrons. The van der Waals surface area contributed by atoms with Gasteiger partial charge in [0.1, 0.15) is 0 Å². The number of benzene rings is 2. The molecule has 0 saturated heterocycles. The minimum Gasteiger partial charge on any atom is -0.478 e. The van der Waals surface area contributed by atoms with Gasteiger partial charge in [0.05, 0.1) is 43.4 Å². The van der Waals surface area contributed by atoms with Crippen LogP contribution < -0.4 is 20.7 Å². The first-order valence-corrected chi connectivity index (χ1v) is 25.9. The molecular formula is C26H42O4Si4. The van der Waals surface area contributed by atoms with E-state index in [-0.39, 0.29) is 0 Å². The van der Waals surface area contributed by atoms with Crippen LogP contribution in [0.25, 0.3) is 11.1 Å². The van der Waals surface area contributed by atoms with E-state index in [2.05, 4.69) is 103 Å². The van der Waals surface area contributed by atoms with Gasteiger partial charge in [0.25, 0.3) is 0 Å². The topological polar surface area (TPSA) is 74.6 Å². The molecule has 0 aliphatic heterocycles. The van der Waals surface area contributed by atoms with Crippen LogP contribution in [0.3, 0.4) is 0 Å². The van der Waals surface area contributed by atoms with Crippen LogP contribution in [0.5, 0.6) is 0 Å². The summed E-state index contributed by atoms with van der Waals surface area (Å²) in [4.78, 5) is 24.9. The number of hydrogen-bond acceptors (Lipinski definition) is 2. The average molecular weight is 531 g/mol. The first kappa shape index (κ1) is 28.5. The minimum atomic E-state index is -1.98. The van der Waals surface area contributed by atoms with Crippen LogP contribution in [0.2, 0.25) is 78.6 Å². The monoisotopic (exact) mass is 530 g/mol. The Balaban J connectivity index is 3.13. The molecular weight excluding hydrogens is 489 g/mol. The summed E-state index contributed by atoms with van der Waals surface area (Å²) in [6.07, 6.45) is 0. The first-order chi connectivity index (χ1) is 15.1. The van der Waals surface area contributed by atoms with Crippen molar-refractivity contribution in [1.82, 2.24) is 0 Å². The number of aromatic carboxylic acids is 2. The number of hydrogen-bond donors (Lipinski definition) is 2. The Morgan fingerprint density at radius 1 is 0.471 bits per heavy atom. The second kappa shape index (κ2) is 9.04. The zero-order valence-electron chi connectivity index (χ0n) is 23.0. The summed E-state index contributed by atoms with van der Waals surface area (Å²) in [5.41, 5.74) is 3.05. The van der Waals surface area contributed by atoms with Crippen molar-refractivity contribution in [2.45, 2.75) is 78.6 Å². The van der Waals surface area contributed by atoms with E-state index in [4.69, 9.17) is 0 Å². The van der Waals surface area contributed by atoms with Gasteiger partial charge in [0.2, 0.25) is 0 Å². The van der Waals surface area contributed by atoms with E-state index in [9.17, 15) is 19.8 Å². The molecule has 2 N–H and O–H groups in total. The van der Waals surface area contributed by atoms with Crippen LogP contribution in [-0.4, -0.2) is 54.4 Å². The predicted molar refractivity (Wildman–Crippen MR) is 158 cm³/mol. The lowest BCUT2D eigenvalue weighted by molar-refractivity contribution is 0.0688. The van der Waals surface area contributed by atoms with Crippen LogP contribution >= 0.6 is 0 Å². The Kier molecular flexibility index (Phi) is 7.57. The SMILES string of the molecule is C[Si](C)(C)c1cc(-c2cc([Si](C)(C)C)c(C(=O)O)c([Si](C)(C)C)c2)cc([Si](C)(C)C)c1C(=O)O. The normalized spacial score (nSPS) is 13.2. The summed E-state index contributed by atoms with van der Waals surface area (Å²) in [7, 11) is -7.92. The lowest BCUT2D eigenvalue weighted by Crippen LogP contribution is -2.51. The fraction of sp³-hybridized carbons (Fsp3) is 0.462. The second-order valence-corrected chi connectivity index (χ2v) is 33.7. The fourth-order valence-electron chi connectivity index (χ4n) is 4.44. The Labute approximate surface area is 209 Å². The van der Waals surface area contributed by atoms with Gasteiger partial charge in [-0.15, -0.1) is 0 Å². The van der Waals surface area contributed by atoms with Gasteiger partial charge in [0, 0.05) is 0 Å². The summed E-state index contributed by atoms with van der Waals surface area (Å²) >= 11 is 0. The molecule has 0 spiro atoms. The van der Waals surface area contributed by atoms with E-state index >= 15 is 0 Å². The Bertz CT molecular complexity index is 980. The van der Waals surface area contributed by atoms with Gasteiger partial charge in [-0.3, -0.25) is 0 Å². The van der Waals surface area contributed by atoms with Crippen LogP contribution in [0, 0.1) is 0 Å². The van der Waals surface area contributed by atoms with Crippen molar-refractivity contribution >= 4 is 65.0 Å². The highest BCUT2D eigenvalue weighted by Crippen LogP contribution is 2.24. The lowest BCUT2D eigenvalue weighted by atomic mass is 10.0.